The minimum absolute atomic E-state index is 0.0800. The summed E-state index contributed by atoms with van der Waals surface area (Å²) in [6.45, 7) is 7.92. The molecule has 1 rings (SSSR count). The fraction of sp³-hybridized carbons (Fsp3) is 0.500. The van der Waals surface area contributed by atoms with Gasteiger partial charge in [-0.15, -0.1) is 0 Å². The van der Waals surface area contributed by atoms with E-state index in [1.165, 1.54) is 11.1 Å². The van der Waals surface area contributed by atoms with Crippen molar-refractivity contribution < 1.29 is 5.11 Å². The highest BCUT2D eigenvalue weighted by Gasteiger charge is 2.08. The van der Waals surface area contributed by atoms with Crippen LogP contribution in [-0.2, 0) is 0 Å². The zero-order valence-electron chi connectivity index (χ0n) is 9.33. The highest BCUT2D eigenvalue weighted by Crippen LogP contribution is 2.17. The van der Waals surface area contributed by atoms with Gasteiger partial charge in [0.05, 0.1) is 6.10 Å². The Labute approximate surface area is 86.0 Å². The molecule has 0 spiro atoms. The first-order chi connectivity index (χ1) is 6.50. The summed E-state index contributed by atoms with van der Waals surface area (Å²) in [6.07, 6.45) is -0.337. The molecule has 0 heterocycles. The second-order valence-electron chi connectivity index (χ2n) is 3.99. The van der Waals surface area contributed by atoms with Crippen molar-refractivity contribution in [3.8, 4) is 0 Å². The van der Waals surface area contributed by atoms with Crippen molar-refractivity contribution in [3.05, 3.63) is 29.3 Å². The molecular weight excluding hydrogens is 174 g/mol. The number of aryl methyl sites for hydroxylation is 2. The van der Waals surface area contributed by atoms with Crippen LogP contribution in [0.1, 0.15) is 25.0 Å². The lowest BCUT2D eigenvalue weighted by atomic mass is 10.1. The Morgan fingerprint density at radius 2 is 1.86 bits per heavy atom. The molecule has 0 amide bonds. The Morgan fingerprint density at radius 1 is 1.21 bits per heavy atom. The molecule has 0 aliphatic rings. The molecule has 0 bridgehead atoms. The highest BCUT2D eigenvalue weighted by molar-refractivity contribution is 5.52. The molecule has 0 aliphatic heterocycles. The number of benzene rings is 1. The van der Waals surface area contributed by atoms with Crippen molar-refractivity contribution >= 4 is 5.69 Å². The van der Waals surface area contributed by atoms with Gasteiger partial charge in [0.15, 0.2) is 0 Å². The molecular formula is C12H19NO. The number of hydrogen-bond acceptors (Lipinski definition) is 2. The minimum Gasteiger partial charge on any atom is -0.391 e. The molecule has 2 atom stereocenters. The smallest absolute Gasteiger partial charge is 0.0710 e. The van der Waals surface area contributed by atoms with Crippen molar-refractivity contribution in [1.29, 1.82) is 0 Å². The molecule has 0 fully saturated rings. The van der Waals surface area contributed by atoms with Gasteiger partial charge in [-0.3, -0.25) is 0 Å². The lowest BCUT2D eigenvalue weighted by Gasteiger charge is -2.19. The monoisotopic (exact) mass is 193 g/mol. The third-order valence-electron chi connectivity index (χ3n) is 2.49. The first-order valence-electron chi connectivity index (χ1n) is 5.02. The lowest BCUT2D eigenvalue weighted by molar-refractivity contribution is 0.178. The summed E-state index contributed by atoms with van der Waals surface area (Å²) in [4.78, 5) is 0. The van der Waals surface area contributed by atoms with Crippen molar-refractivity contribution in [2.45, 2.75) is 39.8 Å². The van der Waals surface area contributed by atoms with E-state index < -0.39 is 0 Å². The van der Waals surface area contributed by atoms with Crippen molar-refractivity contribution in [3.63, 3.8) is 0 Å². The summed E-state index contributed by atoms with van der Waals surface area (Å²) in [5.41, 5.74) is 3.58. The number of nitrogens with one attached hydrogen (secondary N) is 1. The third-order valence-corrected chi connectivity index (χ3v) is 2.49. The lowest BCUT2D eigenvalue weighted by Crippen LogP contribution is -2.28. The summed E-state index contributed by atoms with van der Waals surface area (Å²) in [6, 6.07) is 6.35. The quantitative estimate of drug-likeness (QED) is 0.773. The Balaban J connectivity index is 2.77. The molecule has 2 heteroatoms. The number of anilines is 1. The Kier molecular flexibility index (Phi) is 3.53. The van der Waals surface area contributed by atoms with E-state index in [4.69, 9.17) is 0 Å². The molecule has 0 aromatic heterocycles. The van der Waals surface area contributed by atoms with E-state index in [2.05, 4.69) is 37.4 Å². The van der Waals surface area contributed by atoms with Gasteiger partial charge in [-0.2, -0.15) is 0 Å². The van der Waals surface area contributed by atoms with Gasteiger partial charge in [-0.1, -0.05) is 17.7 Å². The molecule has 1 aromatic rings. The fourth-order valence-corrected chi connectivity index (χ4v) is 1.34. The van der Waals surface area contributed by atoms with Crippen LogP contribution < -0.4 is 5.32 Å². The zero-order valence-corrected chi connectivity index (χ0v) is 9.33. The van der Waals surface area contributed by atoms with E-state index >= 15 is 0 Å². The molecule has 0 aliphatic carbocycles. The Morgan fingerprint density at radius 3 is 2.36 bits per heavy atom. The molecule has 78 valence electrons. The summed E-state index contributed by atoms with van der Waals surface area (Å²) < 4.78 is 0. The van der Waals surface area contributed by atoms with E-state index in [0.717, 1.165) is 5.69 Å². The van der Waals surface area contributed by atoms with Gasteiger partial charge in [-0.05, 0) is 39.3 Å². The van der Waals surface area contributed by atoms with Crippen LogP contribution in [0.3, 0.4) is 0 Å². The van der Waals surface area contributed by atoms with Crippen molar-refractivity contribution in [2.75, 3.05) is 5.32 Å². The predicted molar refractivity (Wildman–Crippen MR) is 60.7 cm³/mol. The topological polar surface area (TPSA) is 32.3 Å². The summed E-state index contributed by atoms with van der Waals surface area (Å²) in [5.74, 6) is 0. The van der Waals surface area contributed by atoms with Crippen LogP contribution in [0.25, 0.3) is 0 Å². The third kappa shape index (κ3) is 2.74. The van der Waals surface area contributed by atoms with Crippen LogP contribution in [0.15, 0.2) is 18.2 Å². The maximum absolute atomic E-state index is 9.37. The van der Waals surface area contributed by atoms with Crippen molar-refractivity contribution in [1.82, 2.24) is 0 Å². The second-order valence-corrected chi connectivity index (χ2v) is 3.99. The van der Waals surface area contributed by atoms with E-state index in [-0.39, 0.29) is 12.1 Å². The van der Waals surface area contributed by atoms with E-state index in [9.17, 15) is 5.11 Å². The zero-order chi connectivity index (χ0) is 10.7. The van der Waals surface area contributed by atoms with E-state index in [1.54, 1.807) is 6.92 Å². The van der Waals surface area contributed by atoms with Gasteiger partial charge in [-0.25, -0.2) is 0 Å². The van der Waals surface area contributed by atoms with Gasteiger partial charge >= 0.3 is 0 Å². The molecule has 0 saturated heterocycles. The summed E-state index contributed by atoms with van der Waals surface area (Å²) in [5, 5.41) is 12.7. The molecule has 0 saturated carbocycles. The number of hydrogen-bond donors (Lipinski definition) is 2. The standard InChI is InChI=1S/C12H19NO/c1-8-5-6-12(9(2)7-8)13-10(3)11(4)14/h5-7,10-11,13-14H,1-4H3. The van der Waals surface area contributed by atoms with Crippen molar-refractivity contribution in [2.24, 2.45) is 0 Å². The molecule has 2 nitrogen and oxygen atoms in total. The fourth-order valence-electron chi connectivity index (χ4n) is 1.34. The molecule has 1 aromatic carbocycles. The average molecular weight is 193 g/mol. The minimum atomic E-state index is -0.337. The largest absolute Gasteiger partial charge is 0.391 e. The van der Waals surface area contributed by atoms with Crippen LogP contribution in [-0.4, -0.2) is 17.3 Å². The number of aliphatic hydroxyl groups is 1. The van der Waals surface area contributed by atoms with Crippen LogP contribution in [0.2, 0.25) is 0 Å². The van der Waals surface area contributed by atoms with Gasteiger partial charge in [0.25, 0.3) is 0 Å². The van der Waals surface area contributed by atoms with Gasteiger partial charge < -0.3 is 10.4 Å². The van der Waals surface area contributed by atoms with Gasteiger partial charge in [0.2, 0.25) is 0 Å². The first-order valence-corrected chi connectivity index (χ1v) is 5.02. The molecule has 0 radical (unpaired) electrons. The predicted octanol–water partition coefficient (Wildman–Crippen LogP) is 2.48. The van der Waals surface area contributed by atoms with E-state index in [1.807, 2.05) is 6.92 Å². The Bertz CT molecular complexity index is 307. The van der Waals surface area contributed by atoms with Crippen LogP contribution in [0, 0.1) is 13.8 Å². The molecule has 14 heavy (non-hydrogen) atoms. The summed E-state index contributed by atoms with van der Waals surface area (Å²) in [7, 11) is 0. The maximum atomic E-state index is 9.37. The second kappa shape index (κ2) is 4.47. The summed E-state index contributed by atoms with van der Waals surface area (Å²) >= 11 is 0. The molecule has 2 unspecified atom stereocenters. The average Bonchev–Trinajstić information content (AvgIpc) is 2.09. The SMILES string of the molecule is Cc1ccc(NC(C)C(C)O)c(C)c1. The molecule has 2 N–H and O–H groups in total. The number of aliphatic hydroxyl groups excluding tert-OH is 1. The maximum Gasteiger partial charge on any atom is 0.0710 e. The Hall–Kier alpha value is -1.02. The normalized spacial score (nSPS) is 14.9. The van der Waals surface area contributed by atoms with Crippen LogP contribution in [0.4, 0.5) is 5.69 Å². The van der Waals surface area contributed by atoms with Crippen LogP contribution in [0.5, 0.6) is 0 Å². The number of rotatable bonds is 3. The van der Waals surface area contributed by atoms with Gasteiger partial charge in [0.1, 0.15) is 0 Å². The van der Waals surface area contributed by atoms with Crippen LogP contribution >= 0.6 is 0 Å². The van der Waals surface area contributed by atoms with Gasteiger partial charge in [0, 0.05) is 11.7 Å². The first kappa shape index (κ1) is 11.1. The van der Waals surface area contributed by atoms with E-state index in [0.29, 0.717) is 0 Å². The highest BCUT2D eigenvalue weighted by atomic mass is 16.3.